The van der Waals surface area contributed by atoms with E-state index in [-0.39, 0.29) is 12.0 Å². The molecular formula is C14H19Br2NO2. The third-order valence-corrected chi connectivity index (χ3v) is 4.59. The van der Waals surface area contributed by atoms with E-state index in [1.54, 1.807) is 0 Å². The van der Waals surface area contributed by atoms with Crippen molar-refractivity contribution in [3.8, 4) is 0 Å². The number of aryl methyl sites for hydroxylation is 1. The summed E-state index contributed by atoms with van der Waals surface area (Å²) in [7, 11) is 1.41. The van der Waals surface area contributed by atoms with Crippen LogP contribution in [0.2, 0.25) is 0 Å². The second-order valence-electron chi connectivity index (χ2n) is 4.55. The molecule has 1 atom stereocenters. The van der Waals surface area contributed by atoms with E-state index in [0.29, 0.717) is 6.42 Å². The lowest BCUT2D eigenvalue weighted by molar-refractivity contribution is -0.140. The van der Waals surface area contributed by atoms with Crippen LogP contribution in [0.5, 0.6) is 0 Å². The Balaban J connectivity index is 2.52. The van der Waals surface area contributed by atoms with Gasteiger partial charge in [-0.2, -0.15) is 0 Å². The van der Waals surface area contributed by atoms with Crippen LogP contribution in [0.15, 0.2) is 21.1 Å². The Labute approximate surface area is 131 Å². The molecule has 106 valence electrons. The molecule has 19 heavy (non-hydrogen) atoms. The van der Waals surface area contributed by atoms with Crippen LogP contribution in [0.25, 0.3) is 0 Å². The van der Waals surface area contributed by atoms with Crippen LogP contribution in [0.3, 0.4) is 0 Å². The third-order valence-electron chi connectivity index (χ3n) is 3.05. The molecule has 1 rings (SSSR count). The molecule has 0 bridgehead atoms. The average molecular weight is 393 g/mol. The number of esters is 1. The van der Waals surface area contributed by atoms with E-state index in [9.17, 15) is 4.79 Å². The van der Waals surface area contributed by atoms with Crippen molar-refractivity contribution >= 4 is 37.8 Å². The fourth-order valence-corrected chi connectivity index (χ4v) is 2.95. The zero-order valence-electron chi connectivity index (χ0n) is 11.2. The van der Waals surface area contributed by atoms with Crippen LogP contribution in [0, 0.1) is 6.92 Å². The second-order valence-corrected chi connectivity index (χ2v) is 6.26. The van der Waals surface area contributed by atoms with Crippen molar-refractivity contribution in [1.29, 1.82) is 0 Å². The zero-order chi connectivity index (χ0) is 14.4. The molecule has 0 saturated carbocycles. The molecule has 1 aromatic carbocycles. The molecular weight excluding hydrogens is 374 g/mol. The normalized spacial score (nSPS) is 12.3. The molecule has 0 spiro atoms. The van der Waals surface area contributed by atoms with Gasteiger partial charge in [-0.05, 0) is 43.0 Å². The summed E-state index contributed by atoms with van der Waals surface area (Å²) in [5, 5.41) is 0. The monoisotopic (exact) mass is 391 g/mol. The number of benzene rings is 1. The summed E-state index contributed by atoms with van der Waals surface area (Å²) in [4.78, 5) is 11.0. The molecule has 2 N–H and O–H groups in total. The van der Waals surface area contributed by atoms with Gasteiger partial charge in [0.2, 0.25) is 0 Å². The molecule has 0 saturated heterocycles. The van der Waals surface area contributed by atoms with Gasteiger partial charge >= 0.3 is 5.97 Å². The molecule has 3 nitrogen and oxygen atoms in total. The molecule has 0 aromatic heterocycles. The van der Waals surface area contributed by atoms with E-state index in [2.05, 4.69) is 48.7 Å². The van der Waals surface area contributed by atoms with Crippen molar-refractivity contribution in [1.82, 2.24) is 0 Å². The summed E-state index contributed by atoms with van der Waals surface area (Å²) >= 11 is 7.07. The Kier molecular flexibility index (Phi) is 7.04. The predicted octanol–water partition coefficient (Wildman–Crippen LogP) is 4.25. The van der Waals surface area contributed by atoms with Crippen molar-refractivity contribution < 1.29 is 9.53 Å². The third kappa shape index (κ3) is 5.24. The predicted molar refractivity (Wildman–Crippen MR) is 84.0 cm³/mol. The SMILES string of the molecule is COC(=O)CCCCC(N)c1cc(Br)c(C)cc1Br. The van der Waals surface area contributed by atoms with Gasteiger partial charge in [0, 0.05) is 21.4 Å². The van der Waals surface area contributed by atoms with Gasteiger partial charge in [0.25, 0.3) is 0 Å². The second kappa shape index (κ2) is 8.02. The summed E-state index contributed by atoms with van der Waals surface area (Å²) in [6.45, 7) is 2.04. The topological polar surface area (TPSA) is 52.3 Å². The molecule has 1 unspecified atom stereocenters. The lowest BCUT2D eigenvalue weighted by atomic mass is 10.0. The maximum atomic E-state index is 11.0. The zero-order valence-corrected chi connectivity index (χ0v) is 14.4. The fraction of sp³-hybridized carbons (Fsp3) is 0.500. The van der Waals surface area contributed by atoms with Crippen LogP contribution < -0.4 is 5.73 Å². The van der Waals surface area contributed by atoms with E-state index in [4.69, 9.17) is 5.73 Å². The van der Waals surface area contributed by atoms with Gasteiger partial charge in [0.15, 0.2) is 0 Å². The number of hydrogen-bond donors (Lipinski definition) is 1. The highest BCUT2D eigenvalue weighted by molar-refractivity contribution is 9.11. The maximum absolute atomic E-state index is 11.0. The molecule has 0 radical (unpaired) electrons. The van der Waals surface area contributed by atoms with E-state index >= 15 is 0 Å². The Morgan fingerprint density at radius 1 is 1.32 bits per heavy atom. The lowest BCUT2D eigenvalue weighted by Crippen LogP contribution is -2.11. The first-order chi connectivity index (χ1) is 8.95. The molecule has 0 aliphatic heterocycles. The summed E-state index contributed by atoms with van der Waals surface area (Å²) < 4.78 is 6.71. The minimum absolute atomic E-state index is 0.0241. The van der Waals surface area contributed by atoms with Gasteiger partial charge in [0.1, 0.15) is 0 Å². The number of carbonyl (C=O) groups is 1. The first-order valence-corrected chi connectivity index (χ1v) is 7.82. The van der Waals surface area contributed by atoms with Gasteiger partial charge < -0.3 is 10.5 Å². The summed E-state index contributed by atoms with van der Waals surface area (Å²) in [6.07, 6.45) is 3.03. The summed E-state index contributed by atoms with van der Waals surface area (Å²) in [5.74, 6) is -0.159. The average Bonchev–Trinajstić information content (AvgIpc) is 2.38. The quantitative estimate of drug-likeness (QED) is 0.581. The molecule has 0 heterocycles. The largest absolute Gasteiger partial charge is 0.469 e. The Hall–Kier alpha value is -0.390. The highest BCUT2D eigenvalue weighted by atomic mass is 79.9. The van der Waals surface area contributed by atoms with Crippen LogP contribution in [-0.2, 0) is 9.53 Å². The van der Waals surface area contributed by atoms with Crippen molar-refractivity contribution in [2.24, 2.45) is 5.73 Å². The minimum Gasteiger partial charge on any atom is -0.469 e. The highest BCUT2D eigenvalue weighted by Crippen LogP contribution is 2.30. The Bertz CT molecular complexity index is 449. The number of hydrogen-bond acceptors (Lipinski definition) is 3. The van der Waals surface area contributed by atoms with E-state index in [1.165, 1.54) is 12.7 Å². The molecule has 0 aliphatic rings. The lowest BCUT2D eigenvalue weighted by Gasteiger charge is -2.15. The molecule has 0 fully saturated rings. The van der Waals surface area contributed by atoms with Gasteiger partial charge in [-0.25, -0.2) is 0 Å². The Morgan fingerprint density at radius 3 is 2.63 bits per heavy atom. The van der Waals surface area contributed by atoms with Gasteiger partial charge in [-0.1, -0.05) is 38.3 Å². The van der Waals surface area contributed by atoms with Crippen molar-refractivity contribution in [3.05, 3.63) is 32.2 Å². The van der Waals surface area contributed by atoms with E-state index in [0.717, 1.165) is 33.8 Å². The van der Waals surface area contributed by atoms with Crippen molar-refractivity contribution in [2.75, 3.05) is 7.11 Å². The van der Waals surface area contributed by atoms with Crippen molar-refractivity contribution in [2.45, 2.75) is 38.6 Å². The number of methoxy groups -OCH3 is 1. The van der Waals surface area contributed by atoms with Crippen LogP contribution in [-0.4, -0.2) is 13.1 Å². The van der Waals surface area contributed by atoms with E-state index < -0.39 is 0 Å². The van der Waals surface area contributed by atoms with Crippen LogP contribution in [0.1, 0.15) is 42.9 Å². The van der Waals surface area contributed by atoms with E-state index in [1.807, 2.05) is 6.92 Å². The molecule has 0 aliphatic carbocycles. The van der Waals surface area contributed by atoms with Crippen LogP contribution >= 0.6 is 31.9 Å². The van der Waals surface area contributed by atoms with Crippen molar-refractivity contribution in [3.63, 3.8) is 0 Å². The van der Waals surface area contributed by atoms with Crippen LogP contribution in [0.4, 0.5) is 0 Å². The highest BCUT2D eigenvalue weighted by Gasteiger charge is 2.12. The molecule has 0 amide bonds. The number of nitrogens with two attached hydrogens (primary N) is 1. The summed E-state index contributed by atoms with van der Waals surface area (Å²) in [5.41, 5.74) is 8.46. The number of unbranched alkanes of at least 4 members (excludes halogenated alkanes) is 1. The molecule has 5 heteroatoms. The maximum Gasteiger partial charge on any atom is 0.305 e. The first kappa shape index (κ1) is 16.7. The van der Waals surface area contributed by atoms with Gasteiger partial charge in [0.05, 0.1) is 7.11 Å². The Morgan fingerprint density at radius 2 is 2.00 bits per heavy atom. The first-order valence-electron chi connectivity index (χ1n) is 6.23. The molecule has 1 aromatic rings. The summed E-state index contributed by atoms with van der Waals surface area (Å²) in [6, 6.07) is 4.10. The number of halogens is 2. The number of rotatable bonds is 6. The number of carbonyl (C=O) groups excluding carboxylic acids is 1. The standard InChI is InChI=1S/C14H19Br2NO2/c1-9-7-12(16)10(8-11(9)15)13(17)5-3-4-6-14(18)19-2/h7-8,13H,3-6,17H2,1-2H3. The smallest absolute Gasteiger partial charge is 0.305 e. The van der Waals surface area contributed by atoms with Gasteiger partial charge in [-0.3, -0.25) is 4.79 Å². The fourth-order valence-electron chi connectivity index (χ4n) is 1.84. The minimum atomic E-state index is -0.159. The number of ether oxygens (including phenoxy) is 1. The van der Waals surface area contributed by atoms with Gasteiger partial charge in [-0.15, -0.1) is 0 Å².